The Balaban J connectivity index is 1.78. The number of carboxylic acids is 1. The van der Waals surface area contributed by atoms with Gasteiger partial charge in [0.15, 0.2) is 5.69 Å². The first kappa shape index (κ1) is 13.1. The van der Waals surface area contributed by atoms with Gasteiger partial charge < -0.3 is 9.84 Å². The Morgan fingerprint density at radius 2 is 1.95 bits per heavy atom. The fraction of sp³-hybridized carbons (Fsp3) is 0.333. The van der Waals surface area contributed by atoms with Gasteiger partial charge >= 0.3 is 5.97 Å². The number of hydrogen-bond acceptors (Lipinski definition) is 4. The van der Waals surface area contributed by atoms with Crippen molar-refractivity contribution in [2.45, 2.75) is 31.8 Å². The summed E-state index contributed by atoms with van der Waals surface area (Å²) in [5.41, 5.74) is 1.63. The van der Waals surface area contributed by atoms with Crippen LogP contribution in [0.5, 0.6) is 5.75 Å². The zero-order valence-corrected chi connectivity index (χ0v) is 11.7. The minimum Gasteiger partial charge on any atom is -0.490 e. The highest BCUT2D eigenvalue weighted by Crippen LogP contribution is 2.29. The summed E-state index contributed by atoms with van der Waals surface area (Å²) in [6, 6.07) is 7.58. The van der Waals surface area contributed by atoms with E-state index in [0.717, 1.165) is 35.7 Å². The molecule has 0 amide bonds. The van der Waals surface area contributed by atoms with Crippen LogP contribution >= 0.6 is 11.5 Å². The van der Waals surface area contributed by atoms with E-state index in [1.165, 1.54) is 12.8 Å². The standard InChI is InChI=1S/C15H15NO3S/c17-15(18)14-13(9-20-16-14)10-5-7-12(8-6-10)19-11-3-1-2-4-11/h5-9,11H,1-4H2,(H,17,18). The highest BCUT2D eigenvalue weighted by Gasteiger charge is 2.17. The van der Waals surface area contributed by atoms with Gasteiger partial charge in [-0.25, -0.2) is 4.79 Å². The summed E-state index contributed by atoms with van der Waals surface area (Å²) in [5.74, 6) is -0.145. The zero-order chi connectivity index (χ0) is 13.9. The van der Waals surface area contributed by atoms with E-state index >= 15 is 0 Å². The fourth-order valence-electron chi connectivity index (χ4n) is 2.51. The topological polar surface area (TPSA) is 59.4 Å². The molecule has 1 aromatic heterocycles. The van der Waals surface area contributed by atoms with Crippen molar-refractivity contribution in [2.75, 3.05) is 0 Å². The van der Waals surface area contributed by atoms with E-state index in [-0.39, 0.29) is 5.69 Å². The second-order valence-corrected chi connectivity index (χ2v) is 5.56. The largest absolute Gasteiger partial charge is 0.490 e. The molecular weight excluding hydrogens is 274 g/mol. The van der Waals surface area contributed by atoms with Crippen molar-refractivity contribution in [1.29, 1.82) is 0 Å². The van der Waals surface area contributed by atoms with Crippen LogP contribution in [0.1, 0.15) is 36.2 Å². The molecule has 1 heterocycles. The average Bonchev–Trinajstić information content (AvgIpc) is 3.10. The van der Waals surface area contributed by atoms with Crippen LogP contribution in [-0.4, -0.2) is 21.6 Å². The Morgan fingerprint density at radius 3 is 2.60 bits per heavy atom. The Morgan fingerprint density at radius 1 is 1.25 bits per heavy atom. The molecule has 3 rings (SSSR count). The van der Waals surface area contributed by atoms with Gasteiger partial charge in [-0.15, -0.1) is 0 Å². The molecule has 20 heavy (non-hydrogen) atoms. The molecular formula is C15H15NO3S. The van der Waals surface area contributed by atoms with Crippen LogP contribution in [0.2, 0.25) is 0 Å². The number of ether oxygens (including phenoxy) is 1. The van der Waals surface area contributed by atoms with Crippen molar-refractivity contribution in [3.05, 3.63) is 35.3 Å². The van der Waals surface area contributed by atoms with Gasteiger partial charge in [-0.2, -0.15) is 4.37 Å². The van der Waals surface area contributed by atoms with E-state index in [9.17, 15) is 4.79 Å². The number of carbonyl (C=O) groups is 1. The predicted molar refractivity (Wildman–Crippen MR) is 77.4 cm³/mol. The summed E-state index contributed by atoms with van der Waals surface area (Å²) in [7, 11) is 0. The molecule has 5 heteroatoms. The fourth-order valence-corrected chi connectivity index (χ4v) is 3.20. The molecule has 1 N–H and O–H groups in total. The summed E-state index contributed by atoms with van der Waals surface area (Å²) >= 11 is 1.16. The second-order valence-electron chi connectivity index (χ2n) is 4.93. The maximum Gasteiger partial charge on any atom is 0.356 e. The van der Waals surface area contributed by atoms with Crippen LogP contribution < -0.4 is 4.74 Å². The zero-order valence-electron chi connectivity index (χ0n) is 10.9. The van der Waals surface area contributed by atoms with Crippen molar-refractivity contribution in [1.82, 2.24) is 4.37 Å². The minimum absolute atomic E-state index is 0.111. The molecule has 0 bridgehead atoms. The molecule has 1 saturated carbocycles. The third kappa shape index (κ3) is 2.67. The van der Waals surface area contributed by atoms with Gasteiger partial charge in [-0.3, -0.25) is 0 Å². The van der Waals surface area contributed by atoms with Gasteiger partial charge in [0, 0.05) is 10.9 Å². The molecule has 0 radical (unpaired) electrons. The molecule has 0 saturated heterocycles. The summed E-state index contributed by atoms with van der Waals surface area (Å²) < 4.78 is 9.80. The highest BCUT2D eigenvalue weighted by atomic mass is 32.1. The monoisotopic (exact) mass is 289 g/mol. The molecule has 1 aliphatic carbocycles. The lowest BCUT2D eigenvalue weighted by Gasteiger charge is -2.13. The predicted octanol–water partition coefficient (Wildman–Crippen LogP) is 3.83. The summed E-state index contributed by atoms with van der Waals surface area (Å²) in [5, 5.41) is 10.8. The van der Waals surface area contributed by atoms with Crippen LogP contribution in [0.25, 0.3) is 11.1 Å². The first-order valence-corrected chi connectivity index (χ1v) is 7.52. The summed E-state index contributed by atoms with van der Waals surface area (Å²) in [6.07, 6.45) is 5.06. The van der Waals surface area contributed by atoms with Crippen molar-refractivity contribution in [3.8, 4) is 16.9 Å². The lowest BCUT2D eigenvalue weighted by atomic mass is 10.1. The van der Waals surface area contributed by atoms with Crippen molar-refractivity contribution < 1.29 is 14.6 Å². The molecule has 4 nitrogen and oxygen atoms in total. The van der Waals surface area contributed by atoms with Gasteiger partial charge in [0.2, 0.25) is 0 Å². The number of nitrogens with zero attached hydrogens (tertiary/aromatic N) is 1. The lowest BCUT2D eigenvalue weighted by molar-refractivity contribution is 0.0693. The van der Waals surface area contributed by atoms with Crippen LogP contribution in [0.15, 0.2) is 29.6 Å². The SMILES string of the molecule is O=C(O)c1nscc1-c1ccc(OC2CCCC2)cc1. The molecule has 0 atom stereocenters. The van der Waals surface area contributed by atoms with E-state index < -0.39 is 5.97 Å². The van der Waals surface area contributed by atoms with Gasteiger partial charge in [0.05, 0.1) is 6.10 Å². The van der Waals surface area contributed by atoms with Gasteiger partial charge in [0.25, 0.3) is 0 Å². The highest BCUT2D eigenvalue weighted by molar-refractivity contribution is 7.04. The van der Waals surface area contributed by atoms with Crippen LogP contribution in [-0.2, 0) is 0 Å². The smallest absolute Gasteiger partial charge is 0.356 e. The second kappa shape index (κ2) is 5.63. The first-order valence-electron chi connectivity index (χ1n) is 6.69. The van der Waals surface area contributed by atoms with E-state index in [0.29, 0.717) is 11.7 Å². The van der Waals surface area contributed by atoms with Crippen molar-refractivity contribution in [3.63, 3.8) is 0 Å². The van der Waals surface area contributed by atoms with Gasteiger partial charge in [0.1, 0.15) is 5.75 Å². The van der Waals surface area contributed by atoms with E-state index in [2.05, 4.69) is 4.37 Å². The van der Waals surface area contributed by atoms with Gasteiger partial charge in [-0.05, 0) is 54.9 Å². The molecule has 1 fully saturated rings. The van der Waals surface area contributed by atoms with Crippen LogP contribution in [0.4, 0.5) is 0 Å². The van der Waals surface area contributed by atoms with E-state index in [4.69, 9.17) is 9.84 Å². The summed E-state index contributed by atoms with van der Waals surface area (Å²) in [6.45, 7) is 0. The molecule has 0 unspecified atom stereocenters. The average molecular weight is 289 g/mol. The molecule has 0 aliphatic heterocycles. The molecule has 1 aliphatic rings. The van der Waals surface area contributed by atoms with Crippen molar-refractivity contribution in [2.24, 2.45) is 0 Å². The maximum atomic E-state index is 11.1. The normalized spacial score (nSPS) is 15.4. The number of carboxylic acid groups (broad SMARTS) is 1. The molecule has 104 valence electrons. The lowest BCUT2D eigenvalue weighted by Crippen LogP contribution is -2.10. The number of rotatable bonds is 4. The third-order valence-electron chi connectivity index (χ3n) is 3.54. The number of hydrogen-bond donors (Lipinski definition) is 1. The van der Waals surface area contributed by atoms with E-state index in [1.54, 1.807) is 5.38 Å². The Bertz CT molecular complexity index is 600. The Labute approximate surface area is 121 Å². The van der Waals surface area contributed by atoms with E-state index in [1.807, 2.05) is 24.3 Å². The maximum absolute atomic E-state index is 11.1. The van der Waals surface area contributed by atoms with Crippen LogP contribution in [0.3, 0.4) is 0 Å². The quantitative estimate of drug-likeness (QED) is 0.929. The molecule has 0 spiro atoms. The Hall–Kier alpha value is -1.88. The van der Waals surface area contributed by atoms with Crippen molar-refractivity contribution >= 4 is 17.5 Å². The van der Waals surface area contributed by atoms with Crippen LogP contribution in [0, 0.1) is 0 Å². The number of aromatic nitrogens is 1. The summed E-state index contributed by atoms with van der Waals surface area (Å²) in [4.78, 5) is 11.1. The molecule has 2 aromatic rings. The first-order chi connectivity index (χ1) is 9.74. The van der Waals surface area contributed by atoms with Gasteiger partial charge in [-0.1, -0.05) is 12.1 Å². The molecule has 1 aromatic carbocycles. The number of aromatic carboxylic acids is 1. The Kier molecular flexibility index (Phi) is 3.69. The third-order valence-corrected chi connectivity index (χ3v) is 4.17. The number of benzene rings is 1. The minimum atomic E-state index is -0.993.